The molecule has 5 saturated heterocycles. The van der Waals surface area contributed by atoms with E-state index < -0.39 is 116 Å². The van der Waals surface area contributed by atoms with Crippen LogP contribution < -0.4 is 19.4 Å². The van der Waals surface area contributed by atoms with E-state index in [0.29, 0.717) is 67.7 Å². The number of halogens is 10. The molecule has 0 bridgehead atoms. The number of carboxylic acids is 1. The molecule has 0 radical (unpaired) electrons. The molecule has 16 rings (SSSR count). The Kier molecular flexibility index (Phi) is 28.6. The molecule has 1 saturated carbocycles. The number of carbonyl (C=O) groups excluding carboxylic acids is 1. The summed E-state index contributed by atoms with van der Waals surface area (Å²) in [7, 11) is -13.3. The average Bonchev–Trinajstić information content (AvgIpc) is 1.32. The first-order valence-electron chi connectivity index (χ1n) is 36.0. The summed E-state index contributed by atoms with van der Waals surface area (Å²) in [4.78, 5) is 45.3. The molecule has 10 heterocycles. The number of nitrogens with zero attached hydrogens (tertiary/aromatic N) is 7. The standard InChI is InChI=1S/C24H21F5N2O4S.C22H25N3O3S2.C19H13F5N2O3S.C6H10O.C3H4N2S.C2H4O2/c25-18-19(26)21(28)24(22(29)20(18)27)35-36(32,33)15-3-4-16-13(12-15)5-8-30-23(16)17-2-1-9-31(17)14-6-10-34-11-7-14;26-30(27,15-21-23-9-13-29-21)18-3-4-19-16(14-18)5-8-24-22(19)20-2-1-10-25(20)17-6-11-28-12-7-17;20-13-14(21)16(23)19(17(24)15(13)22)29-30(27,28)10-3-4-11-9(8-10)5-7-26-18(11)12-2-1-6-25-12;7-6-4-2-1-3-5-6;4-3-5-1-2-6-3;1-2(3)4/h3-5,8,12,14,17H,1-2,6-7,9-11H2;3-5,8-9,13-14,17,20H,1-2,6-7,10-12,15H2;3-5,7-8,12,25H,1-2,6H2;1-5H2;1-2H,(H2,4,5);1H3,(H,3,4). The van der Waals surface area contributed by atoms with Crippen molar-refractivity contribution in [2.75, 3.05) is 51.8 Å². The lowest BCUT2D eigenvalue weighted by Crippen LogP contribution is -2.39. The maximum absolute atomic E-state index is 14.0. The van der Waals surface area contributed by atoms with Gasteiger partial charge in [-0.05, 0) is 167 Å². The molecule has 5 aromatic heterocycles. The number of aliphatic carboxylic acids is 1. The number of ether oxygens (including phenoxy) is 2. The lowest BCUT2D eigenvalue weighted by Gasteiger charge is -2.35. The maximum Gasteiger partial charge on any atom is 0.339 e. The summed E-state index contributed by atoms with van der Waals surface area (Å²) in [5.41, 5.74) is 7.75. The summed E-state index contributed by atoms with van der Waals surface area (Å²) in [5, 5.41) is 19.8. The number of ketones is 1. The van der Waals surface area contributed by atoms with Crippen LogP contribution in [-0.4, -0.2) is 135 Å². The number of rotatable bonds is 14. The monoisotopic (exact) mass is 1670 g/mol. The van der Waals surface area contributed by atoms with E-state index in [1.54, 1.807) is 42.2 Å². The zero-order chi connectivity index (χ0) is 80.9. The third-order valence-corrected chi connectivity index (χ3v) is 25.2. The third kappa shape index (κ3) is 20.6. The number of nitrogens with one attached hydrogen (secondary N) is 1. The second kappa shape index (κ2) is 38.0. The number of aromatic nitrogens is 5. The number of nitrogens with two attached hydrogens (primary N) is 1. The first-order valence-corrected chi connectivity index (χ1v) is 42.2. The van der Waals surface area contributed by atoms with Crippen LogP contribution in [0.1, 0.15) is 143 Å². The van der Waals surface area contributed by atoms with Gasteiger partial charge in [0.1, 0.15) is 26.3 Å². The molecule has 604 valence electrons. The van der Waals surface area contributed by atoms with Crippen LogP contribution in [0, 0.1) is 58.2 Å². The van der Waals surface area contributed by atoms with Gasteiger partial charge in [-0.25, -0.2) is 44.7 Å². The van der Waals surface area contributed by atoms with Gasteiger partial charge in [-0.1, -0.05) is 24.6 Å². The van der Waals surface area contributed by atoms with Crippen molar-refractivity contribution in [1.29, 1.82) is 0 Å². The molecule has 3 unspecified atom stereocenters. The van der Waals surface area contributed by atoms with Gasteiger partial charge in [0.05, 0.1) is 40.1 Å². The number of hydrogen-bond acceptors (Lipinski definition) is 23. The van der Waals surface area contributed by atoms with Gasteiger partial charge >= 0.3 is 20.2 Å². The molecule has 5 aliphatic heterocycles. The normalized spacial score (nSPS) is 18.5. The number of hydrogen-bond donors (Lipinski definition) is 3. The Balaban J connectivity index is 0.000000151. The van der Waals surface area contributed by atoms with E-state index in [-0.39, 0.29) is 23.9 Å². The van der Waals surface area contributed by atoms with Crippen LogP contribution in [0.4, 0.5) is 49.0 Å². The van der Waals surface area contributed by atoms with Gasteiger partial charge < -0.3 is 34.0 Å². The molecule has 22 nitrogen and oxygen atoms in total. The number of carbonyl (C=O) groups is 2. The fourth-order valence-corrected chi connectivity index (χ4v) is 18.8. The predicted octanol–water partition coefficient (Wildman–Crippen LogP) is 15.5. The highest BCUT2D eigenvalue weighted by Crippen LogP contribution is 2.42. The van der Waals surface area contributed by atoms with Crippen molar-refractivity contribution in [2.45, 2.75) is 154 Å². The topological polar surface area (TPSA) is 303 Å². The van der Waals surface area contributed by atoms with Crippen molar-refractivity contribution in [3.05, 3.63) is 195 Å². The maximum atomic E-state index is 14.0. The number of fused-ring (bicyclic) bond motifs is 3. The van der Waals surface area contributed by atoms with Crippen molar-refractivity contribution >= 4 is 102 Å². The molecular weight excluding hydrogens is 1600 g/mol. The van der Waals surface area contributed by atoms with Gasteiger partial charge in [-0.2, -0.15) is 34.4 Å². The van der Waals surface area contributed by atoms with E-state index >= 15 is 0 Å². The Bertz CT molecular complexity index is 5330. The van der Waals surface area contributed by atoms with Gasteiger partial charge in [0.15, 0.2) is 15.0 Å². The van der Waals surface area contributed by atoms with Gasteiger partial charge in [0, 0.05) is 116 Å². The Labute approximate surface area is 651 Å². The number of likely N-dealkylation sites (tertiary alicyclic amines) is 2. The number of nitrogen functional groups attached to an aromatic ring is 1. The van der Waals surface area contributed by atoms with Crippen LogP contribution in [-0.2, 0) is 54.9 Å². The fraction of sp³-hybridized carbons (Fsp3) is 0.382. The van der Waals surface area contributed by atoms with Crippen molar-refractivity contribution in [1.82, 2.24) is 40.0 Å². The fourth-order valence-electron chi connectivity index (χ4n) is 14.2. The van der Waals surface area contributed by atoms with E-state index in [9.17, 15) is 74.0 Å². The van der Waals surface area contributed by atoms with Crippen LogP contribution in [0.5, 0.6) is 11.5 Å². The van der Waals surface area contributed by atoms with Crippen molar-refractivity contribution in [3.8, 4) is 11.5 Å². The Hall–Kier alpha value is -8.92. The second-order valence-electron chi connectivity index (χ2n) is 26.9. The van der Waals surface area contributed by atoms with Gasteiger partial charge in [0.25, 0.3) is 5.97 Å². The zero-order valence-electron chi connectivity index (χ0n) is 60.5. The quantitative estimate of drug-likeness (QED) is 0.0394. The lowest BCUT2D eigenvalue weighted by molar-refractivity contribution is -0.134. The van der Waals surface area contributed by atoms with Gasteiger partial charge in [0.2, 0.25) is 69.7 Å². The summed E-state index contributed by atoms with van der Waals surface area (Å²) in [6.45, 7) is 6.96. The Morgan fingerprint density at radius 1 is 0.504 bits per heavy atom. The number of pyridine rings is 3. The van der Waals surface area contributed by atoms with E-state index in [4.69, 9.17) is 30.1 Å². The second-order valence-corrected chi connectivity index (χ2v) is 33.9. The molecule has 37 heteroatoms. The smallest absolute Gasteiger partial charge is 0.339 e. The van der Waals surface area contributed by atoms with E-state index in [0.717, 1.165) is 163 Å². The van der Waals surface area contributed by atoms with E-state index in [2.05, 4.69) is 43.4 Å². The number of thiazole rings is 2. The molecule has 4 N–H and O–H groups in total. The summed E-state index contributed by atoms with van der Waals surface area (Å²) < 4.78 is 232. The van der Waals surface area contributed by atoms with Crippen LogP contribution in [0.25, 0.3) is 32.3 Å². The highest BCUT2D eigenvalue weighted by atomic mass is 32.2. The lowest BCUT2D eigenvalue weighted by atomic mass is 10.00. The van der Waals surface area contributed by atoms with Crippen LogP contribution in [0.2, 0.25) is 0 Å². The first-order chi connectivity index (χ1) is 54.0. The van der Waals surface area contributed by atoms with Gasteiger partial charge in [-0.15, -0.1) is 22.7 Å². The number of benzene rings is 5. The predicted molar refractivity (Wildman–Crippen MR) is 399 cm³/mol. The molecule has 6 fully saturated rings. The highest BCUT2D eigenvalue weighted by molar-refractivity contribution is 7.90. The molecule has 3 atom stereocenters. The minimum absolute atomic E-state index is 0.000708. The summed E-state index contributed by atoms with van der Waals surface area (Å²) in [6.07, 6.45) is 23.3. The zero-order valence-corrected chi connectivity index (χ0v) is 64.6. The number of sulfone groups is 1. The Morgan fingerprint density at radius 2 is 0.903 bits per heavy atom. The minimum atomic E-state index is -4.94. The van der Waals surface area contributed by atoms with E-state index in [1.165, 1.54) is 72.0 Å². The van der Waals surface area contributed by atoms with Crippen LogP contribution in [0.15, 0.2) is 129 Å². The average molecular weight is 1670 g/mol. The number of Topliss-reactive ketones (excluding diaryl/α,β-unsaturated/α-hetero) is 1. The molecule has 1 aliphatic carbocycles. The number of carboxylic acid groups (broad SMARTS) is 1. The molecule has 6 aliphatic rings. The summed E-state index contributed by atoms with van der Waals surface area (Å²) in [5.74, 6) is -27.8. The van der Waals surface area contributed by atoms with Crippen molar-refractivity contribution in [2.24, 2.45) is 0 Å². The third-order valence-electron chi connectivity index (χ3n) is 19.6. The van der Waals surface area contributed by atoms with E-state index in [1.807, 2.05) is 23.7 Å². The summed E-state index contributed by atoms with van der Waals surface area (Å²) in [6, 6.07) is 19.3. The SMILES string of the molecule is CC(=O)O.Nc1nccs1.O=C1CCCCC1.O=S(=O)(Cc1nccs1)c1ccc2c(C3CCCN3C3CCOCC3)nccc2c1.O=S(=O)(Oc1c(F)c(F)c(F)c(F)c1F)c1ccc2c(C3CCCN3)nccc2c1.O=S(=O)(Oc1c(F)c(F)c(F)c(F)c1F)c1ccc2c(C3CCCN3C3CCOCC3)nccc2c1. The molecule has 5 aromatic carbocycles. The minimum Gasteiger partial charge on any atom is -0.481 e. The Morgan fingerprint density at radius 3 is 1.27 bits per heavy atom. The molecule has 113 heavy (non-hydrogen) atoms. The van der Waals surface area contributed by atoms with Gasteiger partial charge in [-0.3, -0.25) is 34.3 Å². The largest absolute Gasteiger partial charge is 0.481 e. The van der Waals surface area contributed by atoms with Crippen LogP contribution >= 0.6 is 22.7 Å². The molecule has 0 spiro atoms. The highest BCUT2D eigenvalue weighted by Gasteiger charge is 2.38. The van der Waals surface area contributed by atoms with Crippen molar-refractivity contribution in [3.63, 3.8) is 0 Å². The summed E-state index contributed by atoms with van der Waals surface area (Å²) >= 11 is 2.81. The molecule has 10 aromatic rings. The molecular formula is C76H77F10N9O13S5. The van der Waals surface area contributed by atoms with Crippen LogP contribution in [0.3, 0.4) is 0 Å². The first kappa shape index (κ1) is 85.0. The molecule has 0 amide bonds. The van der Waals surface area contributed by atoms with Crippen molar-refractivity contribution < 1.29 is 102 Å². The number of anilines is 1.